The van der Waals surface area contributed by atoms with Gasteiger partial charge in [0, 0.05) is 41.8 Å². The highest BCUT2D eigenvalue weighted by Gasteiger charge is 2.21. The number of hydrogen-bond acceptors (Lipinski definition) is 4. The monoisotopic (exact) mass is 410 g/mol. The first-order chi connectivity index (χ1) is 12.6. The summed E-state index contributed by atoms with van der Waals surface area (Å²) >= 11 is 13.6. The van der Waals surface area contributed by atoms with Gasteiger partial charge in [-0.2, -0.15) is 0 Å². The lowest BCUT2D eigenvalue weighted by Gasteiger charge is -2.36. The van der Waals surface area contributed by atoms with Gasteiger partial charge in [0.25, 0.3) is 0 Å². The smallest absolute Gasteiger partial charge is 0.233 e. The van der Waals surface area contributed by atoms with Crippen molar-refractivity contribution in [2.24, 2.45) is 0 Å². The van der Waals surface area contributed by atoms with Crippen LogP contribution in [0.3, 0.4) is 0 Å². The van der Waals surface area contributed by atoms with Crippen LogP contribution in [-0.2, 0) is 4.79 Å². The Kier molecular flexibility index (Phi) is 6.57. The number of methoxy groups -OCH3 is 1. The molecule has 0 bridgehead atoms. The van der Waals surface area contributed by atoms with Crippen LogP contribution in [0.4, 0.5) is 5.69 Å². The molecule has 26 heavy (non-hydrogen) atoms. The van der Waals surface area contributed by atoms with Crippen molar-refractivity contribution in [1.82, 2.24) is 4.90 Å². The molecule has 1 fully saturated rings. The molecule has 1 saturated heterocycles. The second kappa shape index (κ2) is 8.89. The zero-order chi connectivity index (χ0) is 18.5. The van der Waals surface area contributed by atoms with Gasteiger partial charge < -0.3 is 14.5 Å². The van der Waals surface area contributed by atoms with Crippen molar-refractivity contribution >= 4 is 46.6 Å². The summed E-state index contributed by atoms with van der Waals surface area (Å²) in [7, 11) is 1.66. The highest BCUT2D eigenvalue weighted by molar-refractivity contribution is 8.00. The largest absolute Gasteiger partial charge is 0.497 e. The third-order valence-corrected chi connectivity index (χ3v) is 6.03. The summed E-state index contributed by atoms with van der Waals surface area (Å²) in [4.78, 5) is 17.5. The molecule has 1 aliphatic heterocycles. The van der Waals surface area contributed by atoms with Crippen LogP contribution in [0.2, 0.25) is 10.0 Å². The van der Waals surface area contributed by atoms with E-state index in [1.807, 2.05) is 29.2 Å². The quantitative estimate of drug-likeness (QED) is 0.681. The van der Waals surface area contributed by atoms with Gasteiger partial charge in [-0.3, -0.25) is 4.79 Å². The lowest BCUT2D eigenvalue weighted by Crippen LogP contribution is -2.49. The van der Waals surface area contributed by atoms with Crippen molar-refractivity contribution in [3.63, 3.8) is 0 Å². The highest BCUT2D eigenvalue weighted by atomic mass is 35.5. The fourth-order valence-electron chi connectivity index (χ4n) is 2.83. The second-order valence-corrected chi connectivity index (χ2v) is 7.79. The third kappa shape index (κ3) is 4.78. The van der Waals surface area contributed by atoms with Crippen LogP contribution in [0.15, 0.2) is 47.4 Å². The minimum absolute atomic E-state index is 0.125. The number of anilines is 1. The number of benzene rings is 2. The molecule has 0 aromatic heterocycles. The molecule has 1 aliphatic rings. The van der Waals surface area contributed by atoms with Gasteiger partial charge in [0.2, 0.25) is 5.91 Å². The number of carbonyl (C=O) groups excluding carboxylic acids is 1. The summed E-state index contributed by atoms with van der Waals surface area (Å²) in [6.45, 7) is 3.07. The minimum Gasteiger partial charge on any atom is -0.497 e. The molecule has 0 saturated carbocycles. The zero-order valence-electron chi connectivity index (χ0n) is 14.5. The molecule has 1 amide bonds. The number of piperazine rings is 1. The van der Waals surface area contributed by atoms with Gasteiger partial charge in [-0.15, -0.1) is 11.8 Å². The number of carbonyl (C=O) groups is 1. The van der Waals surface area contributed by atoms with Gasteiger partial charge in [0.1, 0.15) is 5.75 Å². The van der Waals surface area contributed by atoms with E-state index in [1.54, 1.807) is 25.3 Å². The molecular formula is C19H20Cl2N2O2S. The molecule has 0 radical (unpaired) electrons. The Morgan fingerprint density at radius 2 is 1.77 bits per heavy atom. The van der Waals surface area contributed by atoms with Gasteiger partial charge in [-0.1, -0.05) is 23.2 Å². The zero-order valence-corrected chi connectivity index (χ0v) is 16.8. The van der Waals surface area contributed by atoms with E-state index in [0.717, 1.165) is 29.4 Å². The van der Waals surface area contributed by atoms with Crippen molar-refractivity contribution in [3.8, 4) is 5.75 Å². The number of halogens is 2. The second-order valence-electron chi connectivity index (χ2n) is 5.93. The van der Waals surface area contributed by atoms with E-state index < -0.39 is 0 Å². The number of ether oxygens (including phenoxy) is 1. The van der Waals surface area contributed by atoms with Gasteiger partial charge >= 0.3 is 0 Å². The van der Waals surface area contributed by atoms with Crippen LogP contribution in [0.5, 0.6) is 5.75 Å². The number of amides is 1. The van der Waals surface area contributed by atoms with Crippen LogP contribution in [0, 0.1) is 0 Å². The molecule has 0 N–H and O–H groups in total. The Balaban J connectivity index is 1.50. The Morgan fingerprint density at radius 3 is 2.42 bits per heavy atom. The van der Waals surface area contributed by atoms with Crippen molar-refractivity contribution in [2.75, 3.05) is 43.9 Å². The molecule has 0 unspecified atom stereocenters. The average Bonchev–Trinajstić information content (AvgIpc) is 2.68. The van der Waals surface area contributed by atoms with Crippen molar-refractivity contribution in [1.29, 1.82) is 0 Å². The minimum atomic E-state index is 0.125. The Labute approximate surface area is 168 Å². The summed E-state index contributed by atoms with van der Waals surface area (Å²) < 4.78 is 5.19. The van der Waals surface area contributed by atoms with Crippen molar-refractivity contribution in [2.45, 2.75) is 4.90 Å². The fraction of sp³-hybridized carbons (Fsp3) is 0.316. The molecule has 7 heteroatoms. The third-order valence-electron chi connectivity index (χ3n) is 4.31. The Hall–Kier alpha value is -1.56. The van der Waals surface area contributed by atoms with Crippen molar-refractivity contribution < 1.29 is 9.53 Å². The average molecular weight is 411 g/mol. The molecule has 138 valence electrons. The van der Waals surface area contributed by atoms with E-state index in [2.05, 4.69) is 4.90 Å². The van der Waals surface area contributed by atoms with Crippen LogP contribution in [-0.4, -0.2) is 49.8 Å². The van der Waals surface area contributed by atoms with Crippen LogP contribution < -0.4 is 9.64 Å². The molecular weight excluding hydrogens is 391 g/mol. The van der Waals surface area contributed by atoms with Crippen LogP contribution in [0.1, 0.15) is 0 Å². The predicted octanol–water partition coefficient (Wildman–Crippen LogP) is 4.44. The number of nitrogens with zero attached hydrogens (tertiary/aromatic N) is 2. The van der Waals surface area contributed by atoms with E-state index in [-0.39, 0.29) is 5.91 Å². The molecule has 4 nitrogen and oxygen atoms in total. The number of hydrogen-bond donors (Lipinski definition) is 0. The summed E-state index contributed by atoms with van der Waals surface area (Å²) in [5.74, 6) is 1.34. The molecule has 0 aliphatic carbocycles. The number of thioether (sulfide) groups is 1. The lowest BCUT2D eigenvalue weighted by molar-refractivity contribution is -0.128. The molecule has 2 aromatic rings. The van der Waals surface area contributed by atoms with Gasteiger partial charge in [0.15, 0.2) is 0 Å². The molecule has 0 spiro atoms. The van der Waals surface area contributed by atoms with E-state index >= 15 is 0 Å². The normalized spacial score (nSPS) is 14.4. The van der Waals surface area contributed by atoms with Gasteiger partial charge in [-0.25, -0.2) is 0 Å². The van der Waals surface area contributed by atoms with E-state index in [4.69, 9.17) is 27.9 Å². The maximum Gasteiger partial charge on any atom is 0.233 e. The molecule has 0 atom stereocenters. The number of rotatable bonds is 5. The van der Waals surface area contributed by atoms with Gasteiger partial charge in [-0.05, 0) is 42.5 Å². The summed E-state index contributed by atoms with van der Waals surface area (Å²) in [6.07, 6.45) is 0. The summed E-state index contributed by atoms with van der Waals surface area (Å²) in [6, 6.07) is 13.3. The van der Waals surface area contributed by atoms with Crippen molar-refractivity contribution in [3.05, 3.63) is 52.5 Å². The maximum atomic E-state index is 12.5. The van der Waals surface area contributed by atoms with E-state index in [1.165, 1.54) is 11.8 Å². The Morgan fingerprint density at radius 1 is 1.08 bits per heavy atom. The first-order valence-corrected chi connectivity index (χ1v) is 10.1. The fourth-order valence-corrected chi connectivity index (χ4v) is 4.22. The standard InChI is InChI=1S/C19H20Cl2N2O2S/c1-25-16-5-3-15(4-6-16)22-8-10-23(11-9-22)19(24)13-26-18-12-14(20)2-7-17(18)21/h2-7,12H,8-11,13H2,1H3. The van der Waals surface area contributed by atoms with E-state index in [9.17, 15) is 4.79 Å². The highest BCUT2D eigenvalue weighted by Crippen LogP contribution is 2.30. The van der Waals surface area contributed by atoms with Crippen LogP contribution in [0.25, 0.3) is 0 Å². The molecule has 3 rings (SSSR count). The SMILES string of the molecule is COc1ccc(N2CCN(C(=O)CSc3cc(Cl)ccc3Cl)CC2)cc1. The summed E-state index contributed by atoms with van der Waals surface area (Å²) in [5, 5.41) is 1.24. The molecule has 2 aromatic carbocycles. The maximum absolute atomic E-state index is 12.5. The summed E-state index contributed by atoms with van der Waals surface area (Å²) in [5.41, 5.74) is 1.15. The first-order valence-electron chi connectivity index (χ1n) is 8.31. The topological polar surface area (TPSA) is 32.8 Å². The Bertz CT molecular complexity index is 763. The van der Waals surface area contributed by atoms with E-state index in [0.29, 0.717) is 28.9 Å². The predicted molar refractivity (Wildman–Crippen MR) is 109 cm³/mol. The lowest BCUT2D eigenvalue weighted by atomic mass is 10.2. The molecule has 1 heterocycles. The van der Waals surface area contributed by atoms with Crippen LogP contribution >= 0.6 is 35.0 Å². The first kappa shape index (κ1) is 19.2. The van der Waals surface area contributed by atoms with Gasteiger partial charge in [0.05, 0.1) is 17.9 Å².